The highest BCUT2D eigenvalue weighted by molar-refractivity contribution is 6.31. The van der Waals surface area contributed by atoms with Gasteiger partial charge in [0.15, 0.2) is 22.5 Å². The Balaban J connectivity index is 0.00000450. The highest BCUT2D eigenvalue weighted by Gasteiger charge is 2.19. The van der Waals surface area contributed by atoms with E-state index in [1.165, 1.54) is 0 Å². The van der Waals surface area contributed by atoms with Crippen LogP contribution in [0.25, 0.3) is 0 Å². The molecule has 30 heavy (non-hydrogen) atoms. The van der Waals surface area contributed by atoms with Crippen LogP contribution in [-0.4, -0.2) is 66.5 Å². The molecule has 0 aliphatic heterocycles. The molecular weight excluding hydrogens is 497 g/mol. The van der Waals surface area contributed by atoms with Crippen molar-refractivity contribution in [1.29, 1.82) is 0 Å². The number of hydrogen-bond donors (Lipinski definition) is 4. The van der Waals surface area contributed by atoms with Gasteiger partial charge in [-0.15, -0.1) is 0 Å². The van der Waals surface area contributed by atoms with E-state index in [1.807, 2.05) is 14.1 Å². The standard InChI is InChI=1S/C18H23Cl2N7O2.BrH/c1-27(2,9-7-23-17(28)11-3-5-12(19)6-4-11)10-8-24-18(29)13-15(21)26-16(22)14(20)25-13;/h3-6H,7-10H2,1-2H3,(H5-,21,22,23,24,26,28,29);1H. The Morgan fingerprint density at radius 3 is 2.03 bits per heavy atom. The van der Waals surface area contributed by atoms with Crippen molar-refractivity contribution in [3.05, 3.63) is 45.7 Å². The van der Waals surface area contributed by atoms with Gasteiger partial charge in [0.25, 0.3) is 11.8 Å². The number of nitrogen functional groups attached to an aromatic ring is 2. The van der Waals surface area contributed by atoms with Crippen molar-refractivity contribution < 1.29 is 31.1 Å². The van der Waals surface area contributed by atoms with Gasteiger partial charge in [0.05, 0.1) is 40.3 Å². The summed E-state index contributed by atoms with van der Waals surface area (Å²) in [7, 11) is 3.99. The van der Waals surface area contributed by atoms with Gasteiger partial charge >= 0.3 is 0 Å². The van der Waals surface area contributed by atoms with Crippen LogP contribution < -0.4 is 39.1 Å². The van der Waals surface area contributed by atoms with Crippen molar-refractivity contribution in [3.63, 3.8) is 0 Å². The molecule has 9 nitrogen and oxygen atoms in total. The molecule has 0 atom stereocenters. The Labute approximate surface area is 195 Å². The van der Waals surface area contributed by atoms with Gasteiger partial charge in [0.1, 0.15) is 0 Å². The molecule has 0 aliphatic rings. The van der Waals surface area contributed by atoms with Crippen molar-refractivity contribution in [2.24, 2.45) is 0 Å². The maximum Gasteiger partial charge on any atom is 0.273 e. The summed E-state index contributed by atoms with van der Waals surface area (Å²) in [4.78, 5) is 32.0. The summed E-state index contributed by atoms with van der Waals surface area (Å²) in [6, 6.07) is 6.69. The Bertz CT molecular complexity index is 895. The highest BCUT2D eigenvalue weighted by atomic mass is 79.9. The second-order valence-corrected chi connectivity index (χ2v) is 7.83. The first kappa shape index (κ1) is 25.9. The minimum absolute atomic E-state index is 0. The highest BCUT2D eigenvalue weighted by Crippen LogP contribution is 2.17. The molecular formula is C18H24BrCl2N7O2. The van der Waals surface area contributed by atoms with Gasteiger partial charge in [-0.25, -0.2) is 9.97 Å². The third-order valence-corrected chi connectivity index (χ3v) is 4.76. The van der Waals surface area contributed by atoms with Crippen LogP contribution in [-0.2, 0) is 0 Å². The van der Waals surface area contributed by atoms with E-state index >= 15 is 0 Å². The predicted molar refractivity (Wildman–Crippen MR) is 114 cm³/mol. The number of nitrogens with two attached hydrogens (primary N) is 2. The molecule has 1 aromatic heterocycles. The summed E-state index contributed by atoms with van der Waals surface area (Å²) in [6.07, 6.45) is 0. The molecule has 0 spiro atoms. The summed E-state index contributed by atoms with van der Waals surface area (Å²) in [6.45, 7) is 2.15. The zero-order chi connectivity index (χ0) is 21.6. The first-order chi connectivity index (χ1) is 13.6. The summed E-state index contributed by atoms with van der Waals surface area (Å²) >= 11 is 11.6. The summed E-state index contributed by atoms with van der Waals surface area (Å²) in [5.74, 6) is -0.751. The number of amides is 2. The average Bonchev–Trinajstić information content (AvgIpc) is 2.64. The number of aromatic nitrogens is 2. The second-order valence-electron chi connectivity index (χ2n) is 7.04. The fourth-order valence-corrected chi connectivity index (χ4v) is 2.70. The third-order valence-electron chi connectivity index (χ3n) is 4.23. The maximum absolute atomic E-state index is 12.2. The Morgan fingerprint density at radius 2 is 1.47 bits per heavy atom. The molecule has 0 radical (unpaired) electrons. The molecule has 0 fully saturated rings. The van der Waals surface area contributed by atoms with Gasteiger partial charge in [-0.1, -0.05) is 23.2 Å². The number of likely N-dealkylation sites (N-methyl/N-ethyl adjacent to an activating group) is 1. The molecule has 1 heterocycles. The topological polar surface area (TPSA) is 136 Å². The quantitative estimate of drug-likeness (QED) is 0.303. The van der Waals surface area contributed by atoms with Gasteiger partial charge < -0.3 is 43.6 Å². The molecule has 0 bridgehead atoms. The molecule has 0 saturated heterocycles. The van der Waals surface area contributed by atoms with Crippen LogP contribution >= 0.6 is 23.2 Å². The van der Waals surface area contributed by atoms with Crippen LogP contribution in [0.4, 0.5) is 11.6 Å². The number of halogens is 3. The minimum Gasteiger partial charge on any atom is -1.00 e. The Hall–Kier alpha value is -2.14. The first-order valence-corrected chi connectivity index (χ1v) is 9.57. The lowest BCUT2D eigenvalue weighted by molar-refractivity contribution is -0.887. The van der Waals surface area contributed by atoms with E-state index in [4.69, 9.17) is 34.7 Å². The minimum atomic E-state index is -0.479. The van der Waals surface area contributed by atoms with Crippen molar-refractivity contribution >= 4 is 46.7 Å². The second kappa shape index (κ2) is 11.3. The molecule has 12 heteroatoms. The van der Waals surface area contributed by atoms with Gasteiger partial charge in [-0.2, -0.15) is 0 Å². The van der Waals surface area contributed by atoms with Crippen molar-refractivity contribution in [3.8, 4) is 0 Å². The lowest BCUT2D eigenvalue weighted by atomic mass is 10.2. The monoisotopic (exact) mass is 519 g/mol. The van der Waals surface area contributed by atoms with E-state index < -0.39 is 5.91 Å². The average molecular weight is 521 g/mol. The summed E-state index contributed by atoms with van der Waals surface area (Å²) in [5.41, 5.74) is 11.7. The number of nitrogens with zero attached hydrogens (tertiary/aromatic N) is 3. The van der Waals surface area contributed by atoms with Crippen LogP contribution in [0.1, 0.15) is 20.8 Å². The van der Waals surface area contributed by atoms with Crippen molar-refractivity contribution in [2.75, 3.05) is 51.7 Å². The van der Waals surface area contributed by atoms with Gasteiger partial charge in [-0.3, -0.25) is 9.59 Å². The predicted octanol–water partition coefficient (Wildman–Crippen LogP) is -1.81. The fourth-order valence-electron chi connectivity index (χ4n) is 2.45. The van der Waals surface area contributed by atoms with E-state index in [1.54, 1.807) is 24.3 Å². The Morgan fingerprint density at radius 1 is 0.933 bits per heavy atom. The number of nitrogens with one attached hydrogen (secondary N) is 2. The number of rotatable bonds is 8. The molecule has 164 valence electrons. The molecule has 2 amide bonds. The van der Waals surface area contributed by atoms with E-state index in [9.17, 15) is 9.59 Å². The molecule has 0 saturated carbocycles. The smallest absolute Gasteiger partial charge is 0.273 e. The number of quaternary nitrogens is 1. The van der Waals surface area contributed by atoms with Gasteiger partial charge in [0, 0.05) is 10.6 Å². The Kier molecular flexibility index (Phi) is 9.76. The number of carbonyl (C=O) groups is 2. The van der Waals surface area contributed by atoms with Crippen LogP contribution in [0.5, 0.6) is 0 Å². The largest absolute Gasteiger partial charge is 1.00 e. The zero-order valence-electron chi connectivity index (χ0n) is 16.6. The number of hydrogen-bond acceptors (Lipinski definition) is 6. The van der Waals surface area contributed by atoms with Gasteiger partial charge in [0.2, 0.25) is 0 Å². The maximum atomic E-state index is 12.2. The van der Waals surface area contributed by atoms with E-state index in [2.05, 4.69) is 20.6 Å². The fraction of sp³-hybridized carbons (Fsp3) is 0.333. The van der Waals surface area contributed by atoms with Crippen LogP contribution in [0, 0.1) is 0 Å². The van der Waals surface area contributed by atoms with E-state index in [0.717, 1.165) is 0 Å². The lowest BCUT2D eigenvalue weighted by Crippen LogP contribution is -3.00. The normalized spacial score (nSPS) is 10.8. The van der Waals surface area contributed by atoms with Crippen LogP contribution in [0.3, 0.4) is 0 Å². The molecule has 2 aromatic rings. The summed E-state index contributed by atoms with van der Waals surface area (Å²) in [5, 5.41) is 6.12. The van der Waals surface area contributed by atoms with Crippen molar-refractivity contribution in [2.45, 2.75) is 0 Å². The number of carbonyl (C=O) groups excluding carboxylic acids is 2. The molecule has 6 N–H and O–H groups in total. The third kappa shape index (κ3) is 7.60. The molecule has 2 rings (SSSR count). The molecule has 1 aromatic carbocycles. The first-order valence-electron chi connectivity index (χ1n) is 8.81. The van der Waals surface area contributed by atoms with Crippen molar-refractivity contribution in [1.82, 2.24) is 20.6 Å². The van der Waals surface area contributed by atoms with E-state index in [-0.39, 0.29) is 45.4 Å². The van der Waals surface area contributed by atoms with Crippen LogP contribution in [0.2, 0.25) is 10.2 Å². The lowest BCUT2D eigenvalue weighted by Gasteiger charge is -2.30. The van der Waals surface area contributed by atoms with Crippen LogP contribution in [0.15, 0.2) is 24.3 Å². The van der Waals surface area contributed by atoms with Gasteiger partial charge in [-0.05, 0) is 24.3 Å². The van der Waals surface area contributed by atoms with E-state index in [0.29, 0.717) is 41.2 Å². The molecule has 0 unspecified atom stereocenters. The number of anilines is 2. The zero-order valence-corrected chi connectivity index (χ0v) is 19.7. The SMILES string of the molecule is C[N+](C)(CCNC(=O)c1ccc(Cl)cc1)CCNC(=O)c1nc(Cl)c(N)nc1N.[Br-]. The summed E-state index contributed by atoms with van der Waals surface area (Å²) < 4.78 is 0.574. The number of benzene rings is 1. The molecule has 0 aliphatic carbocycles.